The van der Waals surface area contributed by atoms with Crippen molar-refractivity contribution in [3.63, 3.8) is 0 Å². The van der Waals surface area contributed by atoms with Crippen LogP contribution in [0.3, 0.4) is 0 Å². The molecule has 1 N–H and O–H groups in total. The van der Waals surface area contributed by atoms with Crippen molar-refractivity contribution >= 4 is 12.1 Å². The SMILES string of the molecule is O=C1NCCC2(CCC(C(=O)OCc3ccccc3)CC2)O1. The van der Waals surface area contributed by atoms with E-state index in [2.05, 4.69) is 5.32 Å². The van der Waals surface area contributed by atoms with Crippen molar-refractivity contribution < 1.29 is 19.1 Å². The lowest BCUT2D eigenvalue weighted by molar-refractivity contribution is -0.153. The van der Waals surface area contributed by atoms with Crippen LogP contribution in [0, 0.1) is 5.92 Å². The summed E-state index contributed by atoms with van der Waals surface area (Å²) in [6, 6.07) is 9.68. The predicted octanol–water partition coefficient (Wildman–Crippen LogP) is 2.79. The largest absolute Gasteiger partial charge is 0.461 e. The maximum Gasteiger partial charge on any atom is 0.407 e. The standard InChI is InChI=1S/C17H21NO4/c19-15(21-12-13-4-2-1-3-5-13)14-6-8-17(9-7-14)10-11-18-16(20)22-17/h1-5,14H,6-12H2,(H,18,20). The summed E-state index contributed by atoms with van der Waals surface area (Å²) in [7, 11) is 0. The summed E-state index contributed by atoms with van der Waals surface area (Å²) >= 11 is 0. The maximum absolute atomic E-state index is 12.2. The normalized spacial score (nSPS) is 27.8. The van der Waals surface area contributed by atoms with Crippen molar-refractivity contribution in [1.82, 2.24) is 5.32 Å². The molecule has 5 nitrogen and oxygen atoms in total. The van der Waals surface area contributed by atoms with E-state index in [1.54, 1.807) is 0 Å². The Morgan fingerprint density at radius 1 is 1.23 bits per heavy atom. The van der Waals surface area contributed by atoms with Crippen LogP contribution >= 0.6 is 0 Å². The number of carbonyl (C=O) groups excluding carboxylic acids is 2. The zero-order valence-electron chi connectivity index (χ0n) is 12.5. The summed E-state index contributed by atoms with van der Waals surface area (Å²) in [5, 5.41) is 2.67. The van der Waals surface area contributed by atoms with E-state index in [1.807, 2.05) is 30.3 Å². The molecule has 118 valence electrons. The third-order valence-electron chi connectivity index (χ3n) is 4.61. The van der Waals surface area contributed by atoms with E-state index < -0.39 is 0 Å². The van der Waals surface area contributed by atoms with Crippen LogP contribution in [0.15, 0.2) is 30.3 Å². The highest BCUT2D eigenvalue weighted by molar-refractivity contribution is 5.73. The molecule has 1 heterocycles. The third-order valence-corrected chi connectivity index (χ3v) is 4.61. The van der Waals surface area contributed by atoms with Crippen molar-refractivity contribution in [1.29, 1.82) is 0 Å². The van der Waals surface area contributed by atoms with E-state index in [9.17, 15) is 9.59 Å². The first-order valence-corrected chi connectivity index (χ1v) is 7.84. The van der Waals surface area contributed by atoms with Gasteiger partial charge >= 0.3 is 12.1 Å². The van der Waals surface area contributed by atoms with Crippen LogP contribution in [-0.4, -0.2) is 24.2 Å². The van der Waals surface area contributed by atoms with Gasteiger partial charge in [-0.3, -0.25) is 4.79 Å². The van der Waals surface area contributed by atoms with Gasteiger partial charge in [-0.1, -0.05) is 30.3 Å². The highest BCUT2D eigenvalue weighted by Crippen LogP contribution is 2.39. The molecular formula is C17H21NO4. The Labute approximate surface area is 130 Å². The second-order valence-electron chi connectivity index (χ2n) is 6.12. The molecule has 3 rings (SSSR count). The molecule has 0 radical (unpaired) electrons. The average molecular weight is 303 g/mol. The summed E-state index contributed by atoms with van der Waals surface area (Å²) < 4.78 is 10.9. The lowest BCUT2D eigenvalue weighted by Gasteiger charge is -2.41. The van der Waals surface area contributed by atoms with Gasteiger partial charge in [0.05, 0.1) is 5.92 Å². The highest BCUT2D eigenvalue weighted by atomic mass is 16.6. The molecule has 0 aromatic heterocycles. The zero-order chi connectivity index (χ0) is 15.4. The minimum absolute atomic E-state index is 0.0806. The van der Waals surface area contributed by atoms with Gasteiger partial charge in [0.2, 0.25) is 0 Å². The molecule has 1 amide bonds. The summed E-state index contributed by atoms with van der Waals surface area (Å²) in [5.74, 6) is -0.220. The maximum atomic E-state index is 12.2. The number of esters is 1. The van der Waals surface area contributed by atoms with Gasteiger partial charge in [-0.25, -0.2) is 4.79 Å². The Bertz CT molecular complexity index is 535. The van der Waals surface area contributed by atoms with Crippen LogP contribution in [0.25, 0.3) is 0 Å². The van der Waals surface area contributed by atoms with Crippen molar-refractivity contribution in [2.75, 3.05) is 6.54 Å². The van der Waals surface area contributed by atoms with Gasteiger partial charge in [-0.15, -0.1) is 0 Å². The van der Waals surface area contributed by atoms with Crippen LogP contribution in [-0.2, 0) is 20.9 Å². The molecule has 2 aliphatic rings. The summed E-state index contributed by atoms with van der Waals surface area (Å²) in [6.45, 7) is 0.974. The molecule has 1 spiro atoms. The van der Waals surface area contributed by atoms with E-state index in [0.717, 1.165) is 37.7 Å². The Morgan fingerprint density at radius 3 is 2.64 bits per heavy atom. The predicted molar refractivity (Wildman–Crippen MR) is 80.0 cm³/mol. The van der Waals surface area contributed by atoms with Crippen molar-refractivity contribution in [3.8, 4) is 0 Å². The molecule has 1 saturated carbocycles. The molecule has 1 aromatic carbocycles. The van der Waals surface area contributed by atoms with Gasteiger partial charge in [0.25, 0.3) is 0 Å². The number of benzene rings is 1. The van der Waals surface area contributed by atoms with Gasteiger partial charge in [-0.2, -0.15) is 0 Å². The van der Waals surface area contributed by atoms with Crippen LogP contribution < -0.4 is 5.32 Å². The van der Waals surface area contributed by atoms with Crippen LogP contribution in [0.2, 0.25) is 0 Å². The number of hydrogen-bond donors (Lipinski definition) is 1. The van der Waals surface area contributed by atoms with Gasteiger partial charge < -0.3 is 14.8 Å². The Balaban J connectivity index is 1.48. The number of carbonyl (C=O) groups is 2. The molecule has 0 unspecified atom stereocenters. The molecule has 1 aromatic rings. The van der Waals surface area contributed by atoms with E-state index in [1.165, 1.54) is 0 Å². The molecular weight excluding hydrogens is 282 g/mol. The van der Waals surface area contributed by atoms with Crippen molar-refractivity contribution in [2.24, 2.45) is 5.92 Å². The molecule has 1 aliphatic heterocycles. The third kappa shape index (κ3) is 3.40. The lowest BCUT2D eigenvalue weighted by Crippen LogP contribution is -2.49. The number of hydrogen-bond acceptors (Lipinski definition) is 4. The Hall–Kier alpha value is -2.04. The van der Waals surface area contributed by atoms with E-state index in [4.69, 9.17) is 9.47 Å². The molecule has 5 heteroatoms. The summed E-state index contributed by atoms with van der Waals surface area (Å²) in [6.07, 6.45) is 3.42. The van der Waals surface area contributed by atoms with E-state index in [0.29, 0.717) is 13.2 Å². The van der Waals surface area contributed by atoms with Crippen LogP contribution in [0.5, 0.6) is 0 Å². The molecule has 0 bridgehead atoms. The number of ether oxygens (including phenoxy) is 2. The molecule has 1 aliphatic carbocycles. The Kier molecular flexibility index (Phi) is 4.32. The minimum Gasteiger partial charge on any atom is -0.461 e. The highest BCUT2D eigenvalue weighted by Gasteiger charge is 2.42. The van der Waals surface area contributed by atoms with Gasteiger partial charge in [-0.05, 0) is 31.2 Å². The second kappa shape index (κ2) is 6.38. The molecule has 2 fully saturated rings. The number of nitrogens with one attached hydrogen (secondary N) is 1. The average Bonchev–Trinajstić information content (AvgIpc) is 2.54. The fourth-order valence-corrected chi connectivity index (χ4v) is 3.25. The van der Waals surface area contributed by atoms with E-state index in [-0.39, 0.29) is 23.6 Å². The lowest BCUT2D eigenvalue weighted by atomic mass is 9.76. The van der Waals surface area contributed by atoms with Gasteiger partial charge in [0.15, 0.2) is 0 Å². The Morgan fingerprint density at radius 2 is 1.95 bits per heavy atom. The molecule has 22 heavy (non-hydrogen) atoms. The number of amides is 1. The fraction of sp³-hybridized carbons (Fsp3) is 0.529. The minimum atomic E-state index is -0.363. The second-order valence-corrected chi connectivity index (χ2v) is 6.12. The quantitative estimate of drug-likeness (QED) is 0.872. The van der Waals surface area contributed by atoms with Gasteiger partial charge in [0.1, 0.15) is 12.2 Å². The zero-order valence-corrected chi connectivity index (χ0v) is 12.5. The summed E-state index contributed by atoms with van der Waals surface area (Å²) in [4.78, 5) is 23.6. The van der Waals surface area contributed by atoms with Crippen LogP contribution in [0.1, 0.15) is 37.7 Å². The number of alkyl carbamates (subject to hydrolysis) is 1. The smallest absolute Gasteiger partial charge is 0.407 e. The first-order chi connectivity index (χ1) is 10.7. The number of rotatable bonds is 3. The van der Waals surface area contributed by atoms with E-state index >= 15 is 0 Å². The first kappa shape index (κ1) is 14.9. The van der Waals surface area contributed by atoms with Crippen molar-refractivity contribution in [2.45, 2.75) is 44.3 Å². The first-order valence-electron chi connectivity index (χ1n) is 7.84. The van der Waals surface area contributed by atoms with Gasteiger partial charge in [0, 0.05) is 13.0 Å². The topological polar surface area (TPSA) is 64.6 Å². The monoisotopic (exact) mass is 303 g/mol. The summed E-state index contributed by atoms with van der Waals surface area (Å²) in [5.41, 5.74) is 0.633. The fourth-order valence-electron chi connectivity index (χ4n) is 3.25. The molecule has 1 saturated heterocycles. The van der Waals surface area contributed by atoms with Crippen molar-refractivity contribution in [3.05, 3.63) is 35.9 Å². The van der Waals surface area contributed by atoms with Crippen LogP contribution in [0.4, 0.5) is 4.79 Å². The molecule has 0 atom stereocenters.